The van der Waals surface area contributed by atoms with E-state index >= 15 is 0 Å². The molecule has 0 aliphatic heterocycles. The summed E-state index contributed by atoms with van der Waals surface area (Å²) in [7, 11) is 0. The zero-order chi connectivity index (χ0) is 13.7. The summed E-state index contributed by atoms with van der Waals surface area (Å²) >= 11 is 1.27. The standard InChI is InChI=1S/C13H12N2O3S/c16-11(6-10-4-2-1-3-5-10)14-12-7-15(9-19-12)8-13(17)18/h1-5,7,9H,6,8H2,(H-,14,16,17,18). The second kappa shape index (κ2) is 6.10. The molecule has 0 spiro atoms. The Hall–Kier alpha value is -2.21. The number of carbonyl (C=O) groups is 2. The summed E-state index contributed by atoms with van der Waals surface area (Å²) in [6, 6.07) is 9.40. The van der Waals surface area contributed by atoms with Crippen molar-refractivity contribution in [3.05, 3.63) is 47.6 Å². The van der Waals surface area contributed by atoms with E-state index in [1.54, 1.807) is 11.7 Å². The smallest absolute Gasteiger partial charge is 0.229 e. The van der Waals surface area contributed by atoms with E-state index in [1.165, 1.54) is 15.9 Å². The molecule has 19 heavy (non-hydrogen) atoms. The topological polar surface area (TPSA) is 73.1 Å². The first kappa shape index (κ1) is 13.2. The Morgan fingerprint density at radius 1 is 1.26 bits per heavy atom. The number of aliphatic carboxylic acids is 1. The third-order valence-corrected chi connectivity index (χ3v) is 3.22. The van der Waals surface area contributed by atoms with Crippen LogP contribution in [0.1, 0.15) is 5.56 Å². The molecule has 1 aromatic carbocycles. The van der Waals surface area contributed by atoms with Gasteiger partial charge in [0.2, 0.25) is 17.6 Å². The van der Waals surface area contributed by atoms with Crippen LogP contribution in [0.15, 0.2) is 42.0 Å². The lowest BCUT2D eigenvalue weighted by Crippen LogP contribution is -2.42. The van der Waals surface area contributed by atoms with Crippen molar-refractivity contribution >= 4 is 28.2 Å². The van der Waals surface area contributed by atoms with Gasteiger partial charge >= 0.3 is 0 Å². The summed E-state index contributed by atoms with van der Waals surface area (Å²) < 4.78 is 1.46. The van der Waals surface area contributed by atoms with E-state index in [0.29, 0.717) is 11.4 Å². The summed E-state index contributed by atoms with van der Waals surface area (Å²) in [5.74, 6) is -1.29. The van der Waals surface area contributed by atoms with Crippen molar-refractivity contribution in [2.75, 3.05) is 5.32 Å². The van der Waals surface area contributed by atoms with Crippen LogP contribution < -0.4 is 15.0 Å². The highest BCUT2D eigenvalue weighted by atomic mass is 32.1. The first-order valence-electron chi connectivity index (χ1n) is 5.64. The molecule has 0 fully saturated rings. The van der Waals surface area contributed by atoms with Crippen molar-refractivity contribution in [2.24, 2.45) is 0 Å². The zero-order valence-corrected chi connectivity index (χ0v) is 10.9. The van der Waals surface area contributed by atoms with Crippen LogP contribution in [0, 0.1) is 0 Å². The number of carboxylic acids is 1. The van der Waals surface area contributed by atoms with Crippen LogP contribution in [0.25, 0.3) is 0 Å². The van der Waals surface area contributed by atoms with Crippen LogP contribution in [-0.2, 0) is 22.6 Å². The maximum absolute atomic E-state index is 11.8. The van der Waals surface area contributed by atoms with Crippen LogP contribution in [0.2, 0.25) is 0 Å². The second-order valence-corrected chi connectivity index (χ2v) is 4.86. The molecule has 0 unspecified atom stereocenters. The monoisotopic (exact) mass is 276 g/mol. The van der Waals surface area contributed by atoms with E-state index in [4.69, 9.17) is 0 Å². The van der Waals surface area contributed by atoms with Gasteiger partial charge < -0.3 is 15.2 Å². The average molecular weight is 276 g/mol. The molecule has 2 aromatic rings. The van der Waals surface area contributed by atoms with Gasteiger partial charge in [-0.25, -0.2) is 0 Å². The van der Waals surface area contributed by atoms with E-state index in [1.807, 2.05) is 30.3 Å². The van der Waals surface area contributed by atoms with Gasteiger partial charge in [0.1, 0.15) is 5.97 Å². The van der Waals surface area contributed by atoms with Crippen LogP contribution >= 0.6 is 11.3 Å². The second-order valence-electron chi connectivity index (χ2n) is 3.97. The highest BCUT2D eigenvalue weighted by molar-refractivity contribution is 7.13. The van der Waals surface area contributed by atoms with Crippen LogP contribution in [-0.4, -0.2) is 11.9 Å². The summed E-state index contributed by atoms with van der Waals surface area (Å²) in [5, 5.41) is 13.8. The third-order valence-electron chi connectivity index (χ3n) is 2.38. The molecular weight excluding hydrogens is 264 g/mol. The molecule has 1 aromatic heterocycles. The lowest BCUT2D eigenvalue weighted by Gasteiger charge is -2.00. The molecule has 0 saturated carbocycles. The molecule has 2 rings (SSSR count). The van der Waals surface area contributed by atoms with Gasteiger partial charge in [0.05, 0.1) is 6.42 Å². The highest BCUT2D eigenvalue weighted by Crippen LogP contribution is 2.12. The van der Waals surface area contributed by atoms with Crippen molar-refractivity contribution in [2.45, 2.75) is 13.0 Å². The summed E-state index contributed by atoms with van der Waals surface area (Å²) in [4.78, 5) is 22.2. The predicted octanol–water partition coefficient (Wildman–Crippen LogP) is -0.0333. The minimum Gasteiger partial charge on any atom is -0.544 e. The van der Waals surface area contributed by atoms with E-state index in [2.05, 4.69) is 5.32 Å². The fourth-order valence-electron chi connectivity index (χ4n) is 1.59. The van der Waals surface area contributed by atoms with Crippen LogP contribution in [0.4, 0.5) is 5.00 Å². The van der Waals surface area contributed by atoms with Crippen LogP contribution in [0.5, 0.6) is 0 Å². The number of carboxylic acid groups (broad SMARTS) is 1. The quantitative estimate of drug-likeness (QED) is 0.779. The summed E-state index contributed by atoms with van der Waals surface area (Å²) in [6.45, 7) is -0.217. The number of nitrogens with zero attached hydrogens (tertiary/aromatic N) is 1. The first-order valence-corrected chi connectivity index (χ1v) is 6.52. The molecule has 98 valence electrons. The lowest BCUT2D eigenvalue weighted by atomic mass is 10.1. The van der Waals surface area contributed by atoms with E-state index in [-0.39, 0.29) is 12.5 Å². The molecule has 0 saturated heterocycles. The number of thiazole rings is 1. The number of rotatable bonds is 5. The van der Waals surface area contributed by atoms with E-state index in [0.717, 1.165) is 5.56 Å². The number of amides is 1. The predicted molar refractivity (Wildman–Crippen MR) is 68.3 cm³/mol. The maximum atomic E-state index is 11.8. The minimum absolute atomic E-state index is 0.131. The molecule has 0 radical (unpaired) electrons. The number of hydrogen-bond acceptors (Lipinski definition) is 4. The fraction of sp³-hybridized carbons (Fsp3) is 0.154. The minimum atomic E-state index is -1.16. The molecule has 0 aliphatic carbocycles. The third kappa shape index (κ3) is 4.18. The number of aromatic nitrogens is 1. The van der Waals surface area contributed by atoms with Gasteiger partial charge in [-0.1, -0.05) is 41.7 Å². The first-order chi connectivity index (χ1) is 9.13. The van der Waals surface area contributed by atoms with Crippen molar-refractivity contribution < 1.29 is 19.3 Å². The van der Waals surface area contributed by atoms with Gasteiger partial charge in [0.25, 0.3) is 0 Å². The molecule has 5 nitrogen and oxygen atoms in total. The molecule has 1 heterocycles. The summed E-state index contributed by atoms with van der Waals surface area (Å²) in [5.41, 5.74) is 2.55. The van der Waals surface area contributed by atoms with E-state index in [9.17, 15) is 14.7 Å². The van der Waals surface area contributed by atoms with Gasteiger partial charge in [-0.05, 0) is 5.56 Å². The Bertz CT molecular complexity index is 581. The molecule has 1 N–H and O–H groups in total. The van der Waals surface area contributed by atoms with Crippen LogP contribution in [0.3, 0.4) is 0 Å². The van der Waals surface area contributed by atoms with Crippen molar-refractivity contribution in [1.82, 2.24) is 0 Å². The normalized spacial score (nSPS) is 10.1. The lowest BCUT2D eigenvalue weighted by molar-refractivity contribution is -0.685. The van der Waals surface area contributed by atoms with Gasteiger partial charge in [0, 0.05) is 0 Å². The highest BCUT2D eigenvalue weighted by Gasteiger charge is 2.10. The Morgan fingerprint density at radius 3 is 2.68 bits per heavy atom. The largest absolute Gasteiger partial charge is 0.544 e. The molecule has 1 amide bonds. The van der Waals surface area contributed by atoms with Crippen molar-refractivity contribution in [1.29, 1.82) is 0 Å². The number of anilines is 1. The Labute approximate surface area is 114 Å². The SMILES string of the molecule is O=C([O-])C[n+]1csc(NC(=O)Cc2ccccc2)c1. The molecule has 6 heteroatoms. The van der Waals surface area contributed by atoms with Crippen molar-refractivity contribution in [3.8, 4) is 0 Å². The Morgan fingerprint density at radius 2 is 2.00 bits per heavy atom. The molecule has 0 bridgehead atoms. The average Bonchev–Trinajstić information content (AvgIpc) is 2.76. The van der Waals surface area contributed by atoms with E-state index < -0.39 is 5.97 Å². The molecular formula is C13H12N2O3S. The maximum Gasteiger partial charge on any atom is 0.229 e. The summed E-state index contributed by atoms with van der Waals surface area (Å²) in [6.07, 6.45) is 1.86. The number of hydrogen-bond donors (Lipinski definition) is 1. The Kier molecular flexibility index (Phi) is 4.25. The molecule has 0 aliphatic rings. The number of carbonyl (C=O) groups excluding carboxylic acids is 2. The zero-order valence-electron chi connectivity index (χ0n) is 10.0. The van der Waals surface area contributed by atoms with Gasteiger partial charge in [0.15, 0.2) is 11.5 Å². The number of nitrogens with one attached hydrogen (secondary N) is 1. The van der Waals surface area contributed by atoms with Crippen molar-refractivity contribution in [3.63, 3.8) is 0 Å². The molecule has 0 atom stereocenters. The Balaban J connectivity index is 1.92. The fourth-order valence-corrected chi connectivity index (χ4v) is 2.35. The van der Waals surface area contributed by atoms with Gasteiger partial charge in [-0.3, -0.25) is 4.79 Å². The van der Waals surface area contributed by atoms with Gasteiger partial charge in [-0.15, -0.1) is 0 Å². The number of benzene rings is 1. The van der Waals surface area contributed by atoms with Gasteiger partial charge in [-0.2, -0.15) is 4.57 Å².